The zero-order chi connectivity index (χ0) is 25.1. The second-order valence-corrected chi connectivity index (χ2v) is 12.3. The van der Waals surface area contributed by atoms with Crippen molar-refractivity contribution in [3.63, 3.8) is 0 Å². The second kappa shape index (κ2) is 8.74. The minimum Gasteiger partial charge on any atom is -0.465 e. The fourth-order valence-electron chi connectivity index (χ4n) is 8.81. The summed E-state index contributed by atoms with van der Waals surface area (Å²) in [5.74, 6) is 1.82. The van der Waals surface area contributed by atoms with Crippen LogP contribution in [0.3, 0.4) is 0 Å². The van der Waals surface area contributed by atoms with Crippen molar-refractivity contribution in [2.24, 2.45) is 40.4 Å². The number of hydrogen-bond donors (Lipinski definition) is 0. The number of esters is 2. The zero-order valence-electron chi connectivity index (χ0n) is 21.9. The van der Waals surface area contributed by atoms with Crippen LogP contribution >= 0.6 is 0 Å². The van der Waals surface area contributed by atoms with Gasteiger partial charge in [0.05, 0.1) is 6.61 Å². The van der Waals surface area contributed by atoms with Crippen molar-refractivity contribution >= 4 is 17.7 Å². The van der Waals surface area contributed by atoms with Gasteiger partial charge in [0.25, 0.3) is 0 Å². The van der Waals surface area contributed by atoms with Crippen molar-refractivity contribution in [2.45, 2.75) is 85.7 Å². The molecule has 5 nitrogen and oxygen atoms in total. The molecule has 1 aliphatic heterocycles. The number of ether oxygens (including phenoxy) is 2. The highest BCUT2D eigenvalue weighted by Crippen LogP contribution is 2.67. The van der Waals surface area contributed by atoms with Gasteiger partial charge in [0.15, 0.2) is 5.78 Å². The lowest BCUT2D eigenvalue weighted by molar-refractivity contribution is -0.159. The number of rotatable bonds is 4. The first kappa shape index (κ1) is 24.5. The molecule has 5 rings (SSSR count). The van der Waals surface area contributed by atoms with Gasteiger partial charge in [0.1, 0.15) is 6.10 Å². The molecule has 0 bridgehead atoms. The summed E-state index contributed by atoms with van der Waals surface area (Å²) < 4.78 is 11.8. The Bertz CT molecular complexity index is 1030. The maximum atomic E-state index is 12.5. The number of carbonyl (C=O) groups excluding carboxylic acids is 3. The van der Waals surface area contributed by atoms with E-state index in [4.69, 9.17) is 9.47 Å². The average Bonchev–Trinajstić information content (AvgIpc) is 3.20. The summed E-state index contributed by atoms with van der Waals surface area (Å²) in [6.45, 7) is 10.4. The van der Waals surface area contributed by atoms with Crippen LogP contribution in [-0.2, 0) is 23.9 Å². The van der Waals surface area contributed by atoms with E-state index in [2.05, 4.69) is 19.9 Å². The van der Waals surface area contributed by atoms with E-state index >= 15 is 0 Å². The molecule has 35 heavy (non-hydrogen) atoms. The molecule has 0 unspecified atom stereocenters. The van der Waals surface area contributed by atoms with Gasteiger partial charge in [-0.3, -0.25) is 9.59 Å². The largest absolute Gasteiger partial charge is 0.465 e. The van der Waals surface area contributed by atoms with Crippen molar-refractivity contribution in [1.29, 1.82) is 0 Å². The summed E-state index contributed by atoms with van der Waals surface area (Å²) in [6, 6.07) is 0. The van der Waals surface area contributed by atoms with Crippen LogP contribution in [0.2, 0.25) is 0 Å². The van der Waals surface area contributed by atoms with E-state index in [1.807, 2.05) is 19.9 Å². The van der Waals surface area contributed by atoms with Gasteiger partial charge in [-0.05, 0) is 94.1 Å². The van der Waals surface area contributed by atoms with Crippen molar-refractivity contribution in [1.82, 2.24) is 0 Å². The van der Waals surface area contributed by atoms with Crippen LogP contribution in [0.1, 0.15) is 79.6 Å². The van der Waals surface area contributed by atoms with E-state index in [1.54, 1.807) is 6.08 Å². The predicted octanol–water partition coefficient (Wildman–Crippen LogP) is 5.74. The van der Waals surface area contributed by atoms with Crippen molar-refractivity contribution in [3.05, 3.63) is 34.9 Å². The van der Waals surface area contributed by atoms with Gasteiger partial charge >= 0.3 is 11.9 Å². The Labute approximate surface area is 209 Å². The van der Waals surface area contributed by atoms with E-state index in [1.165, 1.54) is 12.5 Å². The van der Waals surface area contributed by atoms with Gasteiger partial charge in [-0.15, -0.1) is 0 Å². The molecule has 0 aromatic carbocycles. The topological polar surface area (TPSA) is 69.7 Å². The smallest absolute Gasteiger partial charge is 0.333 e. The van der Waals surface area contributed by atoms with E-state index in [0.29, 0.717) is 30.3 Å². The van der Waals surface area contributed by atoms with E-state index in [-0.39, 0.29) is 40.6 Å². The molecular formula is C30H40O5. The first-order valence-corrected chi connectivity index (χ1v) is 13.5. The molecule has 3 saturated carbocycles. The Morgan fingerprint density at radius 3 is 2.66 bits per heavy atom. The van der Waals surface area contributed by atoms with Crippen molar-refractivity contribution in [3.8, 4) is 0 Å². The third-order valence-corrected chi connectivity index (χ3v) is 10.8. The van der Waals surface area contributed by atoms with Gasteiger partial charge < -0.3 is 9.47 Å². The van der Waals surface area contributed by atoms with Crippen molar-refractivity contribution in [2.75, 3.05) is 6.61 Å². The summed E-state index contributed by atoms with van der Waals surface area (Å²) in [5, 5.41) is 0. The van der Waals surface area contributed by atoms with E-state index in [0.717, 1.165) is 56.1 Å². The van der Waals surface area contributed by atoms with E-state index in [9.17, 15) is 14.4 Å². The Hall–Kier alpha value is -2.17. The highest BCUT2D eigenvalue weighted by molar-refractivity contribution is 6.01. The molecular weight excluding hydrogens is 440 g/mol. The van der Waals surface area contributed by atoms with Gasteiger partial charge in [0, 0.05) is 29.7 Å². The third-order valence-electron chi connectivity index (χ3n) is 10.8. The zero-order valence-corrected chi connectivity index (χ0v) is 21.9. The maximum Gasteiger partial charge on any atom is 0.333 e. The molecule has 0 aromatic heterocycles. The first-order valence-electron chi connectivity index (χ1n) is 13.5. The molecule has 8 atom stereocenters. The monoisotopic (exact) mass is 480 g/mol. The lowest BCUT2D eigenvalue weighted by Gasteiger charge is -2.58. The molecule has 0 aromatic rings. The summed E-state index contributed by atoms with van der Waals surface area (Å²) >= 11 is 0. The molecule has 0 N–H and O–H groups in total. The lowest BCUT2D eigenvalue weighted by Crippen LogP contribution is -2.53. The molecule has 1 heterocycles. The van der Waals surface area contributed by atoms with Crippen molar-refractivity contribution < 1.29 is 23.9 Å². The van der Waals surface area contributed by atoms with Gasteiger partial charge in [-0.25, -0.2) is 4.79 Å². The quantitative estimate of drug-likeness (QED) is 0.480. The van der Waals surface area contributed by atoms with Crippen LogP contribution in [0.25, 0.3) is 0 Å². The normalized spacial score (nSPS) is 41.4. The van der Waals surface area contributed by atoms with Crippen LogP contribution in [0.15, 0.2) is 34.9 Å². The number of cyclic esters (lactones) is 1. The Balaban J connectivity index is 1.45. The second-order valence-electron chi connectivity index (χ2n) is 12.3. The minimum atomic E-state index is -0.216. The molecule has 0 saturated heterocycles. The van der Waals surface area contributed by atoms with Gasteiger partial charge in [0.2, 0.25) is 0 Å². The highest BCUT2D eigenvalue weighted by Gasteiger charge is 2.62. The number of hydrogen-bond acceptors (Lipinski definition) is 5. The van der Waals surface area contributed by atoms with Crippen LogP contribution in [0.5, 0.6) is 0 Å². The molecule has 0 radical (unpaired) electrons. The highest BCUT2D eigenvalue weighted by atomic mass is 16.5. The fraction of sp³-hybridized carbons (Fsp3) is 0.700. The summed E-state index contributed by atoms with van der Waals surface area (Å²) in [5.41, 5.74) is 3.05. The standard InChI is InChI=1S/C30H40O5/c1-17-14-27(35-28(33)18(17)2)19(3)24-8-9-26-23-7-6-21-15-22(32)10-12-29(21,5)25(23)11-13-30(24,26)16-34-20(4)31/h10,12,15,19,23-27H,6-9,11,13-14,16H2,1-5H3/t19-,23+,24+,25-,26-,27-,29-,30-/m0/s1. The molecule has 3 fully saturated rings. The van der Waals surface area contributed by atoms with E-state index < -0.39 is 0 Å². The summed E-state index contributed by atoms with van der Waals surface area (Å²) in [4.78, 5) is 36.6. The SMILES string of the molecule is CC(=O)OC[C@]12CC[C@H]3[C@@H](CCC4=CC(=O)C=C[C@@]43C)[C@@H]1CC[C@@H]2[C@H](C)[C@@H]1CC(C)=C(C)C(=O)O1. The summed E-state index contributed by atoms with van der Waals surface area (Å²) in [6.07, 6.45) is 12.9. The molecule has 4 aliphatic carbocycles. The molecule has 0 spiro atoms. The van der Waals surface area contributed by atoms with Crippen LogP contribution < -0.4 is 0 Å². The number of fused-ring (bicyclic) bond motifs is 5. The fourth-order valence-corrected chi connectivity index (χ4v) is 8.81. The number of ketones is 1. The van der Waals surface area contributed by atoms with Gasteiger partial charge in [-0.2, -0.15) is 0 Å². The maximum absolute atomic E-state index is 12.5. The predicted molar refractivity (Wildman–Crippen MR) is 133 cm³/mol. The summed E-state index contributed by atoms with van der Waals surface area (Å²) in [7, 11) is 0. The Kier molecular flexibility index (Phi) is 6.12. The third kappa shape index (κ3) is 3.84. The lowest BCUT2D eigenvalue weighted by atomic mass is 9.47. The Morgan fingerprint density at radius 2 is 1.94 bits per heavy atom. The molecule has 0 amide bonds. The number of carbonyl (C=O) groups is 3. The molecule has 190 valence electrons. The molecule has 5 aliphatic rings. The van der Waals surface area contributed by atoms with Crippen LogP contribution in [0, 0.1) is 40.4 Å². The number of allylic oxidation sites excluding steroid dienone is 4. The van der Waals surface area contributed by atoms with Gasteiger partial charge in [-0.1, -0.05) is 31.1 Å². The van der Waals surface area contributed by atoms with Crippen LogP contribution in [0.4, 0.5) is 0 Å². The first-order chi connectivity index (χ1) is 16.6. The minimum absolute atomic E-state index is 0.0492. The average molecular weight is 481 g/mol. The van der Waals surface area contributed by atoms with Crippen LogP contribution in [-0.4, -0.2) is 30.4 Å². The Morgan fingerprint density at radius 1 is 1.17 bits per heavy atom. The molecule has 5 heteroatoms.